The SMILES string of the molecule is C=C/C=C\C(=C/C=C)S(=O)(=O)NCCN1CCC(=O)NC1=O. The van der Waals surface area contributed by atoms with Gasteiger partial charge in [0.1, 0.15) is 0 Å². The monoisotopic (exact) mass is 325 g/mol. The Labute approximate surface area is 130 Å². The molecule has 0 radical (unpaired) electrons. The minimum Gasteiger partial charge on any atom is -0.323 e. The molecule has 1 saturated heterocycles. The smallest absolute Gasteiger partial charge is 0.323 e. The summed E-state index contributed by atoms with van der Waals surface area (Å²) in [5.74, 6) is -0.326. The zero-order valence-electron chi connectivity index (χ0n) is 12.1. The number of allylic oxidation sites excluding steroid dienone is 5. The van der Waals surface area contributed by atoms with Crippen LogP contribution in [0.25, 0.3) is 0 Å². The van der Waals surface area contributed by atoms with E-state index in [1.54, 1.807) is 0 Å². The third-order valence-electron chi connectivity index (χ3n) is 2.81. The van der Waals surface area contributed by atoms with E-state index in [4.69, 9.17) is 0 Å². The molecule has 0 saturated carbocycles. The van der Waals surface area contributed by atoms with Crippen molar-refractivity contribution in [1.29, 1.82) is 0 Å². The number of rotatable bonds is 8. The molecule has 3 amide bonds. The maximum absolute atomic E-state index is 12.1. The van der Waals surface area contributed by atoms with Gasteiger partial charge in [0.25, 0.3) is 0 Å². The van der Waals surface area contributed by atoms with Crippen LogP contribution in [0, 0.1) is 0 Å². The minimum absolute atomic E-state index is 0.0420. The van der Waals surface area contributed by atoms with Crippen LogP contribution in [0.15, 0.2) is 48.4 Å². The van der Waals surface area contributed by atoms with Gasteiger partial charge in [0, 0.05) is 26.1 Å². The lowest BCUT2D eigenvalue weighted by Gasteiger charge is -2.26. The van der Waals surface area contributed by atoms with Gasteiger partial charge in [-0.15, -0.1) is 0 Å². The van der Waals surface area contributed by atoms with E-state index in [1.807, 2.05) is 0 Å². The molecule has 0 unspecified atom stereocenters. The largest absolute Gasteiger partial charge is 0.324 e. The molecule has 120 valence electrons. The van der Waals surface area contributed by atoms with Gasteiger partial charge in [0.15, 0.2) is 0 Å². The summed E-state index contributed by atoms with van der Waals surface area (Å²) in [6, 6.07) is -0.510. The van der Waals surface area contributed by atoms with Crippen molar-refractivity contribution in [1.82, 2.24) is 14.9 Å². The Morgan fingerprint density at radius 1 is 1.32 bits per heavy atom. The maximum Gasteiger partial charge on any atom is 0.324 e. The summed E-state index contributed by atoms with van der Waals surface area (Å²) in [5, 5.41) is 2.17. The molecule has 0 bridgehead atoms. The molecule has 0 spiro atoms. The zero-order valence-corrected chi connectivity index (χ0v) is 12.9. The Morgan fingerprint density at radius 2 is 2.05 bits per heavy atom. The van der Waals surface area contributed by atoms with Gasteiger partial charge < -0.3 is 4.90 Å². The molecule has 1 rings (SSSR count). The molecule has 1 heterocycles. The predicted molar refractivity (Wildman–Crippen MR) is 84.3 cm³/mol. The van der Waals surface area contributed by atoms with Crippen LogP contribution >= 0.6 is 0 Å². The first kappa shape index (κ1) is 17.9. The number of nitrogens with zero attached hydrogens (tertiary/aromatic N) is 1. The first-order valence-corrected chi connectivity index (χ1v) is 8.09. The van der Waals surface area contributed by atoms with Crippen molar-refractivity contribution in [2.75, 3.05) is 19.6 Å². The number of nitrogens with one attached hydrogen (secondary N) is 2. The van der Waals surface area contributed by atoms with Crippen LogP contribution < -0.4 is 10.0 Å². The molecule has 2 N–H and O–H groups in total. The Morgan fingerprint density at radius 3 is 2.64 bits per heavy atom. The van der Waals surface area contributed by atoms with Crippen LogP contribution in [0.2, 0.25) is 0 Å². The normalized spacial score (nSPS) is 16.7. The fraction of sp³-hybridized carbons (Fsp3) is 0.286. The fourth-order valence-electron chi connectivity index (χ4n) is 1.72. The Balaban J connectivity index is 2.61. The third-order valence-corrected chi connectivity index (χ3v) is 4.28. The highest BCUT2D eigenvalue weighted by atomic mass is 32.2. The molecule has 0 atom stereocenters. The first-order chi connectivity index (χ1) is 10.4. The van der Waals surface area contributed by atoms with Gasteiger partial charge in [0.05, 0.1) is 4.91 Å². The van der Waals surface area contributed by atoms with E-state index in [9.17, 15) is 18.0 Å². The van der Waals surface area contributed by atoms with Crippen LogP contribution in [0.1, 0.15) is 6.42 Å². The summed E-state index contributed by atoms with van der Waals surface area (Å²) < 4.78 is 26.6. The molecule has 0 aliphatic carbocycles. The van der Waals surface area contributed by atoms with Gasteiger partial charge in [-0.25, -0.2) is 17.9 Å². The molecule has 7 nitrogen and oxygen atoms in total. The second-order valence-electron chi connectivity index (χ2n) is 4.39. The lowest BCUT2D eigenvalue weighted by molar-refractivity contribution is -0.121. The average Bonchev–Trinajstić information content (AvgIpc) is 2.45. The Hall–Kier alpha value is -2.19. The number of imide groups is 1. The standard InChI is InChI=1S/C14H19N3O4S/c1-3-5-7-12(6-4-2)22(20,21)15-9-11-17-10-8-13(18)16-14(17)19/h3-7,15H,1-2,8-11H2,(H,16,18,19)/b7-5-,12-6+. The summed E-state index contributed by atoms with van der Waals surface area (Å²) in [4.78, 5) is 23.9. The Kier molecular flexibility index (Phi) is 6.74. The molecule has 1 aliphatic rings. The van der Waals surface area contributed by atoms with Gasteiger partial charge in [-0.3, -0.25) is 10.1 Å². The molecule has 1 fully saturated rings. The van der Waals surface area contributed by atoms with Crippen LogP contribution in [-0.2, 0) is 14.8 Å². The highest BCUT2D eigenvalue weighted by molar-refractivity contribution is 7.93. The van der Waals surface area contributed by atoms with Gasteiger partial charge >= 0.3 is 6.03 Å². The third kappa shape index (κ3) is 5.30. The van der Waals surface area contributed by atoms with Gasteiger partial charge in [-0.2, -0.15) is 0 Å². The summed E-state index contributed by atoms with van der Waals surface area (Å²) >= 11 is 0. The molecule has 0 aromatic carbocycles. The van der Waals surface area contributed by atoms with E-state index in [0.717, 1.165) is 0 Å². The van der Waals surface area contributed by atoms with E-state index in [0.29, 0.717) is 0 Å². The maximum atomic E-state index is 12.1. The van der Waals surface area contributed by atoms with Gasteiger partial charge in [-0.05, 0) is 12.2 Å². The molecule has 1 aliphatic heterocycles. The van der Waals surface area contributed by atoms with Crippen LogP contribution in [0.5, 0.6) is 0 Å². The number of carbonyl (C=O) groups excluding carboxylic acids is 2. The topological polar surface area (TPSA) is 95.6 Å². The van der Waals surface area contributed by atoms with Crippen molar-refractivity contribution in [2.24, 2.45) is 0 Å². The second-order valence-corrected chi connectivity index (χ2v) is 6.15. The zero-order chi connectivity index (χ0) is 16.6. The molecule has 22 heavy (non-hydrogen) atoms. The predicted octanol–water partition coefficient (Wildman–Crippen LogP) is 0.660. The van der Waals surface area contributed by atoms with Crippen molar-refractivity contribution in [3.63, 3.8) is 0 Å². The number of carbonyl (C=O) groups is 2. The van der Waals surface area contributed by atoms with E-state index in [-0.39, 0.29) is 36.9 Å². The molecule has 0 aromatic rings. The van der Waals surface area contributed by atoms with Crippen molar-refractivity contribution in [3.8, 4) is 0 Å². The van der Waals surface area contributed by atoms with E-state index >= 15 is 0 Å². The lowest BCUT2D eigenvalue weighted by Crippen LogP contribution is -2.51. The average molecular weight is 325 g/mol. The molecular formula is C14H19N3O4S. The first-order valence-electron chi connectivity index (χ1n) is 6.61. The summed E-state index contributed by atoms with van der Waals surface area (Å²) in [6.45, 7) is 7.44. The number of amides is 3. The minimum atomic E-state index is -3.71. The number of sulfonamides is 1. The van der Waals surface area contributed by atoms with Crippen LogP contribution in [0.4, 0.5) is 4.79 Å². The van der Waals surface area contributed by atoms with Gasteiger partial charge in [0.2, 0.25) is 15.9 Å². The van der Waals surface area contributed by atoms with E-state index in [2.05, 4.69) is 23.2 Å². The Bertz CT molecular complexity index is 620. The van der Waals surface area contributed by atoms with Crippen molar-refractivity contribution >= 4 is 22.0 Å². The summed E-state index contributed by atoms with van der Waals surface area (Å²) in [7, 11) is -3.71. The quantitative estimate of drug-likeness (QED) is 0.641. The summed E-state index contributed by atoms with van der Waals surface area (Å²) in [6.07, 6.45) is 7.28. The van der Waals surface area contributed by atoms with Crippen LogP contribution in [0.3, 0.4) is 0 Å². The molecule has 8 heteroatoms. The van der Waals surface area contributed by atoms with E-state index in [1.165, 1.54) is 35.3 Å². The van der Waals surface area contributed by atoms with Crippen molar-refractivity contribution in [3.05, 3.63) is 48.4 Å². The van der Waals surface area contributed by atoms with Crippen molar-refractivity contribution in [2.45, 2.75) is 6.42 Å². The summed E-state index contributed by atoms with van der Waals surface area (Å²) in [5.41, 5.74) is 0. The number of hydrogen-bond donors (Lipinski definition) is 2. The highest BCUT2D eigenvalue weighted by Crippen LogP contribution is 2.07. The van der Waals surface area contributed by atoms with Crippen molar-refractivity contribution < 1.29 is 18.0 Å². The molecular weight excluding hydrogens is 306 g/mol. The number of hydrogen-bond acceptors (Lipinski definition) is 4. The van der Waals surface area contributed by atoms with Crippen LogP contribution in [-0.4, -0.2) is 44.9 Å². The van der Waals surface area contributed by atoms with Gasteiger partial charge in [-0.1, -0.05) is 31.4 Å². The van der Waals surface area contributed by atoms with E-state index < -0.39 is 16.1 Å². The number of urea groups is 1. The fourth-order valence-corrected chi connectivity index (χ4v) is 2.78. The molecule has 0 aromatic heterocycles. The highest BCUT2D eigenvalue weighted by Gasteiger charge is 2.23. The lowest BCUT2D eigenvalue weighted by atomic mass is 10.3. The second kappa shape index (κ2) is 8.30.